The standard InChI is InChI=1S/C16H27NO/c1-3-15(17-4-2)11-7-6-10-14-18-16-12-8-5-9-13-16/h5,8-9,12-13,15,17H,3-4,6-7,10-11,14H2,1-2H3. The largest absolute Gasteiger partial charge is 0.494 e. The van der Waals surface area contributed by atoms with Crippen LogP contribution in [0.5, 0.6) is 5.75 Å². The lowest BCUT2D eigenvalue weighted by molar-refractivity contribution is 0.302. The van der Waals surface area contributed by atoms with Crippen molar-refractivity contribution in [2.45, 2.75) is 52.0 Å². The summed E-state index contributed by atoms with van der Waals surface area (Å²) in [6.45, 7) is 6.35. The van der Waals surface area contributed by atoms with E-state index in [0.717, 1.165) is 25.3 Å². The highest BCUT2D eigenvalue weighted by Gasteiger charge is 2.03. The van der Waals surface area contributed by atoms with Crippen molar-refractivity contribution in [3.05, 3.63) is 30.3 Å². The zero-order valence-electron chi connectivity index (χ0n) is 11.8. The zero-order valence-corrected chi connectivity index (χ0v) is 11.8. The van der Waals surface area contributed by atoms with Gasteiger partial charge >= 0.3 is 0 Å². The fourth-order valence-electron chi connectivity index (χ4n) is 2.12. The molecule has 0 saturated carbocycles. The van der Waals surface area contributed by atoms with Crippen molar-refractivity contribution >= 4 is 0 Å². The van der Waals surface area contributed by atoms with Gasteiger partial charge in [-0.3, -0.25) is 0 Å². The number of para-hydroxylation sites is 1. The van der Waals surface area contributed by atoms with Crippen molar-refractivity contribution in [3.63, 3.8) is 0 Å². The molecule has 0 aliphatic carbocycles. The smallest absolute Gasteiger partial charge is 0.119 e. The van der Waals surface area contributed by atoms with Gasteiger partial charge in [-0.15, -0.1) is 0 Å². The summed E-state index contributed by atoms with van der Waals surface area (Å²) in [5.74, 6) is 0.983. The van der Waals surface area contributed by atoms with E-state index in [-0.39, 0.29) is 0 Å². The first-order valence-corrected chi connectivity index (χ1v) is 7.28. The Kier molecular flexibility index (Phi) is 8.32. The molecule has 0 aliphatic rings. The topological polar surface area (TPSA) is 21.3 Å². The molecule has 0 saturated heterocycles. The van der Waals surface area contributed by atoms with Crippen LogP contribution in [0, 0.1) is 0 Å². The minimum Gasteiger partial charge on any atom is -0.494 e. The lowest BCUT2D eigenvalue weighted by Gasteiger charge is -2.15. The minimum absolute atomic E-state index is 0.699. The van der Waals surface area contributed by atoms with E-state index in [1.54, 1.807) is 0 Å². The molecule has 0 bridgehead atoms. The molecule has 0 radical (unpaired) electrons. The van der Waals surface area contributed by atoms with Gasteiger partial charge in [0.15, 0.2) is 0 Å². The van der Waals surface area contributed by atoms with Crippen LogP contribution in [0.4, 0.5) is 0 Å². The monoisotopic (exact) mass is 249 g/mol. The van der Waals surface area contributed by atoms with Gasteiger partial charge in [-0.2, -0.15) is 0 Å². The maximum atomic E-state index is 5.67. The fourth-order valence-corrected chi connectivity index (χ4v) is 2.12. The van der Waals surface area contributed by atoms with Gasteiger partial charge in [0.1, 0.15) is 5.75 Å². The molecule has 0 fully saturated rings. The third-order valence-electron chi connectivity index (χ3n) is 3.19. The first-order valence-electron chi connectivity index (χ1n) is 7.28. The summed E-state index contributed by atoms with van der Waals surface area (Å²) < 4.78 is 5.67. The van der Waals surface area contributed by atoms with Crippen molar-refractivity contribution < 1.29 is 4.74 Å². The van der Waals surface area contributed by atoms with Gasteiger partial charge in [0.25, 0.3) is 0 Å². The molecule has 2 heteroatoms. The van der Waals surface area contributed by atoms with Gasteiger partial charge in [-0.1, -0.05) is 44.9 Å². The average Bonchev–Trinajstić information content (AvgIpc) is 2.42. The highest BCUT2D eigenvalue weighted by molar-refractivity contribution is 5.20. The fraction of sp³-hybridized carbons (Fsp3) is 0.625. The predicted octanol–water partition coefficient (Wildman–Crippen LogP) is 4.01. The molecule has 1 rings (SSSR count). The summed E-state index contributed by atoms with van der Waals surface area (Å²) in [7, 11) is 0. The maximum Gasteiger partial charge on any atom is 0.119 e. The summed E-state index contributed by atoms with van der Waals surface area (Å²) in [4.78, 5) is 0. The quantitative estimate of drug-likeness (QED) is 0.632. The Morgan fingerprint density at radius 1 is 1.06 bits per heavy atom. The molecule has 18 heavy (non-hydrogen) atoms. The molecular formula is C16H27NO. The van der Waals surface area contributed by atoms with Crippen LogP contribution in [0.2, 0.25) is 0 Å². The number of benzene rings is 1. The molecule has 1 atom stereocenters. The average molecular weight is 249 g/mol. The molecule has 1 N–H and O–H groups in total. The second-order valence-corrected chi connectivity index (χ2v) is 4.67. The molecule has 0 heterocycles. The van der Waals surface area contributed by atoms with Gasteiger partial charge in [-0.05, 0) is 37.9 Å². The molecule has 102 valence electrons. The Morgan fingerprint density at radius 3 is 2.50 bits per heavy atom. The van der Waals surface area contributed by atoms with Crippen molar-refractivity contribution in [1.82, 2.24) is 5.32 Å². The van der Waals surface area contributed by atoms with E-state index in [4.69, 9.17) is 4.74 Å². The van der Waals surface area contributed by atoms with Crippen molar-refractivity contribution in [2.75, 3.05) is 13.2 Å². The third kappa shape index (κ3) is 6.65. The van der Waals surface area contributed by atoms with Crippen molar-refractivity contribution in [1.29, 1.82) is 0 Å². The van der Waals surface area contributed by atoms with E-state index in [2.05, 4.69) is 19.2 Å². The summed E-state index contributed by atoms with van der Waals surface area (Å²) in [5, 5.41) is 3.52. The van der Waals surface area contributed by atoms with Gasteiger partial charge in [0, 0.05) is 6.04 Å². The van der Waals surface area contributed by atoms with Crippen LogP contribution in [0.1, 0.15) is 46.0 Å². The Balaban J connectivity index is 1.98. The number of unbranched alkanes of at least 4 members (excludes halogenated alkanes) is 2. The molecule has 1 aromatic carbocycles. The van der Waals surface area contributed by atoms with Crippen LogP contribution in [0.25, 0.3) is 0 Å². The summed E-state index contributed by atoms with van der Waals surface area (Å²) in [5.41, 5.74) is 0. The molecule has 1 aromatic rings. The molecule has 0 aliphatic heterocycles. The van der Waals surface area contributed by atoms with E-state index < -0.39 is 0 Å². The van der Waals surface area contributed by atoms with Crippen LogP contribution >= 0.6 is 0 Å². The highest BCUT2D eigenvalue weighted by Crippen LogP contribution is 2.10. The summed E-state index contributed by atoms with van der Waals surface area (Å²) in [6.07, 6.45) is 6.22. The van der Waals surface area contributed by atoms with Crippen LogP contribution in [0.15, 0.2) is 30.3 Å². The molecule has 0 aromatic heterocycles. The SMILES string of the molecule is CCNC(CC)CCCCCOc1ccccc1. The first kappa shape index (κ1) is 15.0. The number of nitrogens with one attached hydrogen (secondary N) is 1. The van der Waals surface area contributed by atoms with Crippen molar-refractivity contribution in [2.24, 2.45) is 0 Å². The number of ether oxygens (including phenoxy) is 1. The first-order chi connectivity index (χ1) is 8.86. The summed E-state index contributed by atoms with van der Waals surface area (Å²) in [6, 6.07) is 10.8. The van der Waals surface area contributed by atoms with Crippen molar-refractivity contribution in [3.8, 4) is 5.75 Å². The third-order valence-corrected chi connectivity index (χ3v) is 3.19. The van der Waals surface area contributed by atoms with Crippen LogP contribution in [-0.4, -0.2) is 19.2 Å². The predicted molar refractivity (Wildman–Crippen MR) is 78.2 cm³/mol. The lowest BCUT2D eigenvalue weighted by Crippen LogP contribution is -2.27. The lowest BCUT2D eigenvalue weighted by atomic mass is 10.1. The Labute approximate surface area is 112 Å². The van der Waals surface area contributed by atoms with Crippen LogP contribution in [0.3, 0.4) is 0 Å². The Hall–Kier alpha value is -1.02. The normalized spacial score (nSPS) is 12.3. The molecule has 0 amide bonds. The molecule has 0 spiro atoms. The van der Waals surface area contributed by atoms with E-state index >= 15 is 0 Å². The second-order valence-electron chi connectivity index (χ2n) is 4.67. The number of hydrogen-bond donors (Lipinski definition) is 1. The van der Waals surface area contributed by atoms with E-state index in [0.29, 0.717) is 6.04 Å². The molecular weight excluding hydrogens is 222 g/mol. The van der Waals surface area contributed by atoms with Gasteiger partial charge < -0.3 is 10.1 Å². The number of rotatable bonds is 10. The Bertz CT molecular complexity index is 286. The molecule has 1 unspecified atom stereocenters. The van der Waals surface area contributed by atoms with Gasteiger partial charge in [-0.25, -0.2) is 0 Å². The van der Waals surface area contributed by atoms with Crippen LogP contribution in [-0.2, 0) is 0 Å². The van der Waals surface area contributed by atoms with E-state index in [9.17, 15) is 0 Å². The number of hydrogen-bond acceptors (Lipinski definition) is 2. The maximum absolute atomic E-state index is 5.67. The van der Waals surface area contributed by atoms with E-state index in [1.165, 1.54) is 25.7 Å². The second kappa shape index (κ2) is 9.95. The zero-order chi connectivity index (χ0) is 13.1. The van der Waals surface area contributed by atoms with Gasteiger partial charge in [0.05, 0.1) is 6.61 Å². The Morgan fingerprint density at radius 2 is 1.83 bits per heavy atom. The van der Waals surface area contributed by atoms with Crippen LogP contribution < -0.4 is 10.1 Å². The summed E-state index contributed by atoms with van der Waals surface area (Å²) >= 11 is 0. The molecule has 2 nitrogen and oxygen atoms in total. The van der Waals surface area contributed by atoms with E-state index in [1.807, 2.05) is 30.3 Å². The minimum atomic E-state index is 0.699. The highest BCUT2D eigenvalue weighted by atomic mass is 16.5. The van der Waals surface area contributed by atoms with Gasteiger partial charge in [0.2, 0.25) is 0 Å².